The largest absolute Gasteiger partial charge is 0.506 e. The predicted molar refractivity (Wildman–Crippen MR) is 107 cm³/mol. The molecular formula is C21H20N4O6. The topological polar surface area (TPSA) is 132 Å². The third-order valence-corrected chi connectivity index (χ3v) is 5.99. The van der Waals surface area contributed by atoms with Gasteiger partial charge in [0.2, 0.25) is 0 Å². The Bertz CT molecular complexity index is 1100. The third kappa shape index (κ3) is 3.37. The zero-order valence-electron chi connectivity index (χ0n) is 16.5. The summed E-state index contributed by atoms with van der Waals surface area (Å²) in [7, 11) is 0. The van der Waals surface area contributed by atoms with Gasteiger partial charge in [0.15, 0.2) is 5.75 Å². The first-order valence-corrected chi connectivity index (χ1v) is 9.82. The molecule has 4 heterocycles. The van der Waals surface area contributed by atoms with Crippen molar-refractivity contribution in [3.05, 3.63) is 52.1 Å². The standard InChI is InChI=1S/C21H20N4O6/c22-7-14-1-2-15(5-18(14)26)30-20-8-21(11-23(9-20)13-24(10-20)12-21)31-16-3-4-17(25(28)29)19(27)6-16/h1-6,26-27H,8-13H2/t20-,21+. The molecular weight excluding hydrogens is 404 g/mol. The van der Waals surface area contributed by atoms with Gasteiger partial charge in [0.25, 0.3) is 0 Å². The molecule has 0 unspecified atom stereocenters. The van der Waals surface area contributed by atoms with Gasteiger partial charge < -0.3 is 19.7 Å². The zero-order valence-corrected chi connectivity index (χ0v) is 16.5. The van der Waals surface area contributed by atoms with E-state index in [0.29, 0.717) is 44.1 Å². The van der Waals surface area contributed by atoms with Crippen LogP contribution in [0.5, 0.6) is 23.0 Å². The lowest BCUT2D eigenvalue weighted by Crippen LogP contribution is -2.79. The molecule has 0 amide bonds. The molecule has 0 aliphatic carbocycles. The highest BCUT2D eigenvalue weighted by atomic mass is 16.6. The van der Waals surface area contributed by atoms with Gasteiger partial charge in [0.1, 0.15) is 34.5 Å². The molecule has 4 aliphatic rings. The highest BCUT2D eigenvalue weighted by Crippen LogP contribution is 2.45. The van der Waals surface area contributed by atoms with Crippen molar-refractivity contribution < 1.29 is 24.6 Å². The van der Waals surface area contributed by atoms with Crippen LogP contribution < -0.4 is 9.47 Å². The van der Waals surface area contributed by atoms with Gasteiger partial charge in [-0.15, -0.1) is 0 Å². The molecule has 4 aliphatic heterocycles. The molecule has 0 aromatic heterocycles. The fraction of sp³-hybridized carbons (Fsp3) is 0.381. The number of nitro benzene ring substituents is 1. The maximum Gasteiger partial charge on any atom is 0.310 e. The summed E-state index contributed by atoms with van der Waals surface area (Å²) < 4.78 is 12.7. The van der Waals surface area contributed by atoms with Crippen molar-refractivity contribution >= 4 is 5.69 Å². The monoisotopic (exact) mass is 424 g/mol. The number of piperidine rings is 2. The molecule has 0 spiro atoms. The van der Waals surface area contributed by atoms with Crippen molar-refractivity contribution in [2.45, 2.75) is 17.6 Å². The Morgan fingerprint density at radius 2 is 1.52 bits per heavy atom. The first-order chi connectivity index (χ1) is 14.8. The summed E-state index contributed by atoms with van der Waals surface area (Å²) in [6.07, 6.45) is 0.575. The molecule has 0 saturated carbocycles. The van der Waals surface area contributed by atoms with E-state index in [2.05, 4.69) is 9.80 Å². The van der Waals surface area contributed by atoms with Gasteiger partial charge in [0.05, 0.1) is 17.2 Å². The van der Waals surface area contributed by atoms with Crippen LogP contribution in [0.25, 0.3) is 0 Å². The number of rotatable bonds is 5. The molecule has 10 nitrogen and oxygen atoms in total. The van der Waals surface area contributed by atoms with E-state index in [1.165, 1.54) is 30.3 Å². The van der Waals surface area contributed by atoms with Crippen molar-refractivity contribution in [1.29, 1.82) is 5.26 Å². The van der Waals surface area contributed by atoms with Crippen LogP contribution in [-0.2, 0) is 0 Å². The van der Waals surface area contributed by atoms with E-state index in [0.717, 1.165) is 6.67 Å². The van der Waals surface area contributed by atoms with E-state index in [-0.39, 0.29) is 17.0 Å². The highest BCUT2D eigenvalue weighted by molar-refractivity contribution is 5.50. The number of nitrogens with zero attached hydrogens (tertiary/aromatic N) is 4. The number of hydrogen-bond acceptors (Lipinski definition) is 9. The Hall–Kier alpha value is -3.55. The normalized spacial score (nSPS) is 30.5. The fourth-order valence-corrected chi connectivity index (χ4v) is 5.23. The number of nitriles is 1. The predicted octanol–water partition coefficient (Wildman–Crippen LogP) is 1.81. The van der Waals surface area contributed by atoms with Crippen LogP contribution in [0, 0.1) is 21.4 Å². The lowest BCUT2D eigenvalue weighted by molar-refractivity contribution is -0.385. The van der Waals surface area contributed by atoms with Crippen LogP contribution in [0.1, 0.15) is 12.0 Å². The minimum absolute atomic E-state index is 0.127. The molecule has 10 heteroatoms. The first-order valence-electron chi connectivity index (χ1n) is 9.82. The Morgan fingerprint density at radius 1 is 0.968 bits per heavy atom. The first kappa shape index (κ1) is 19.4. The number of nitro groups is 1. The number of benzene rings is 2. The van der Waals surface area contributed by atoms with E-state index < -0.39 is 21.9 Å². The molecule has 4 atom stereocenters. The lowest BCUT2D eigenvalue weighted by Gasteiger charge is -2.62. The molecule has 31 heavy (non-hydrogen) atoms. The summed E-state index contributed by atoms with van der Waals surface area (Å²) in [4.78, 5) is 14.8. The summed E-state index contributed by atoms with van der Waals surface area (Å²) in [5, 5.41) is 40.0. The fourth-order valence-electron chi connectivity index (χ4n) is 5.23. The number of ether oxygens (including phenoxy) is 2. The second kappa shape index (κ2) is 6.73. The van der Waals surface area contributed by atoms with Crippen LogP contribution in [0.15, 0.2) is 36.4 Å². The number of hydrogen-bond donors (Lipinski definition) is 2. The summed E-state index contributed by atoms with van der Waals surface area (Å²) in [6, 6.07) is 10.6. The van der Waals surface area contributed by atoms with Gasteiger partial charge in [-0.05, 0) is 18.2 Å². The lowest BCUT2D eigenvalue weighted by atomic mass is 9.75. The molecule has 4 bridgehead atoms. The van der Waals surface area contributed by atoms with E-state index in [1.807, 2.05) is 6.07 Å². The average molecular weight is 424 g/mol. The third-order valence-electron chi connectivity index (χ3n) is 5.99. The van der Waals surface area contributed by atoms with Crippen LogP contribution in [0.4, 0.5) is 5.69 Å². The zero-order chi connectivity index (χ0) is 21.8. The Balaban J connectivity index is 1.41. The average Bonchev–Trinajstić information content (AvgIpc) is 2.66. The minimum Gasteiger partial charge on any atom is -0.506 e. The molecule has 2 N–H and O–H groups in total. The number of aromatic hydroxyl groups is 2. The summed E-state index contributed by atoms with van der Waals surface area (Å²) in [5.74, 6) is 0.270. The van der Waals surface area contributed by atoms with E-state index in [9.17, 15) is 20.3 Å². The Labute approximate surface area is 177 Å². The van der Waals surface area contributed by atoms with Crippen LogP contribution in [-0.4, -0.2) is 69.0 Å². The number of phenols is 2. The van der Waals surface area contributed by atoms with Gasteiger partial charge in [-0.25, -0.2) is 0 Å². The Kier molecular flexibility index (Phi) is 4.22. The smallest absolute Gasteiger partial charge is 0.310 e. The highest BCUT2D eigenvalue weighted by Gasteiger charge is 2.59. The minimum atomic E-state index is -0.642. The second-order valence-electron chi connectivity index (χ2n) is 8.56. The quantitative estimate of drug-likeness (QED) is 0.544. The van der Waals surface area contributed by atoms with E-state index >= 15 is 0 Å². The van der Waals surface area contributed by atoms with Crippen molar-refractivity contribution in [2.75, 3.05) is 32.8 Å². The molecule has 160 valence electrons. The van der Waals surface area contributed by atoms with Gasteiger partial charge in [0, 0.05) is 50.8 Å². The summed E-state index contributed by atoms with van der Waals surface area (Å²) in [5.41, 5.74) is -1.36. The van der Waals surface area contributed by atoms with Gasteiger partial charge in [-0.2, -0.15) is 5.26 Å². The molecule has 4 fully saturated rings. The summed E-state index contributed by atoms with van der Waals surface area (Å²) in [6.45, 7) is 3.53. The van der Waals surface area contributed by atoms with E-state index in [4.69, 9.17) is 14.7 Å². The van der Waals surface area contributed by atoms with Crippen LogP contribution in [0.2, 0.25) is 0 Å². The van der Waals surface area contributed by atoms with Crippen molar-refractivity contribution in [2.24, 2.45) is 0 Å². The summed E-state index contributed by atoms with van der Waals surface area (Å²) >= 11 is 0. The van der Waals surface area contributed by atoms with E-state index in [1.54, 1.807) is 6.07 Å². The van der Waals surface area contributed by atoms with Crippen LogP contribution in [0.3, 0.4) is 0 Å². The molecule has 2 aromatic carbocycles. The Morgan fingerprint density at radius 3 is 2.00 bits per heavy atom. The molecule has 2 aromatic rings. The van der Waals surface area contributed by atoms with Gasteiger partial charge >= 0.3 is 5.69 Å². The second-order valence-corrected chi connectivity index (χ2v) is 8.56. The van der Waals surface area contributed by atoms with Gasteiger partial charge in [-0.1, -0.05) is 0 Å². The number of phenolic OH excluding ortho intramolecular Hbond substituents is 2. The van der Waals surface area contributed by atoms with Crippen LogP contribution >= 0.6 is 0 Å². The molecule has 6 rings (SSSR count). The van der Waals surface area contributed by atoms with Crippen molar-refractivity contribution in [1.82, 2.24) is 9.80 Å². The maximum absolute atomic E-state index is 11.0. The SMILES string of the molecule is N#Cc1ccc(O[C@@]23C[N@@]4C[N@@](C2)C[C@](Oc2ccc([N+](=O)[O-])c(O)c2)(C4)C3)cc1O. The maximum atomic E-state index is 11.0. The van der Waals surface area contributed by atoms with Crippen molar-refractivity contribution in [3.8, 4) is 29.1 Å². The van der Waals surface area contributed by atoms with Crippen molar-refractivity contribution in [3.63, 3.8) is 0 Å². The molecule has 0 radical (unpaired) electrons. The van der Waals surface area contributed by atoms with Gasteiger partial charge in [-0.3, -0.25) is 19.9 Å². The molecule has 4 saturated heterocycles.